The van der Waals surface area contributed by atoms with Gasteiger partial charge in [-0.2, -0.15) is 0 Å². The van der Waals surface area contributed by atoms with Crippen molar-refractivity contribution in [2.45, 2.75) is 33.6 Å². The molecule has 0 aliphatic heterocycles. The van der Waals surface area contributed by atoms with Gasteiger partial charge in [0.25, 0.3) is 0 Å². The Labute approximate surface area is 250 Å². The van der Waals surface area contributed by atoms with Gasteiger partial charge in [-0.3, -0.25) is 4.98 Å². The summed E-state index contributed by atoms with van der Waals surface area (Å²) in [5, 5.41) is 4.92. The zero-order chi connectivity index (χ0) is 30.1. The van der Waals surface area contributed by atoms with E-state index in [2.05, 4.69) is 16.9 Å². The molecule has 0 amide bonds. The topological polar surface area (TPSA) is 47.0 Å². The van der Waals surface area contributed by atoms with Gasteiger partial charge in [0, 0.05) is 40.7 Å². The zero-order valence-electron chi connectivity index (χ0n) is 24.3. The molecule has 2 heterocycles. The van der Waals surface area contributed by atoms with Gasteiger partial charge in [0.15, 0.2) is 0 Å². The molecule has 0 fully saturated rings. The first-order chi connectivity index (χ1) is 20.1. The lowest BCUT2D eigenvalue weighted by Crippen LogP contribution is -2.22. The van der Waals surface area contributed by atoms with Crippen LogP contribution in [0.4, 0.5) is 8.78 Å². The van der Waals surface area contributed by atoms with Gasteiger partial charge in [-0.05, 0) is 80.3 Å². The van der Waals surface area contributed by atoms with Crippen LogP contribution in [0.1, 0.15) is 45.1 Å². The number of halogens is 3. The number of nitrogens with zero attached hydrogens (tertiary/aromatic N) is 2. The second-order valence-corrected chi connectivity index (χ2v) is 11.0. The van der Waals surface area contributed by atoms with Crippen LogP contribution in [-0.2, 0) is 0 Å². The number of benzene rings is 3. The molecule has 0 aliphatic rings. The minimum atomic E-state index is -0.636. The molecule has 0 spiro atoms. The molecule has 0 aliphatic carbocycles. The SMILES string of the molecule is C=C(NCC(c1ccccc1)c1cc(C)c(C)c(-c2cc(C)c(F)cc2F)n1)c1cc(OC)c2nc(C)c(Cl)cc2c1. The Bertz CT molecular complexity index is 1820. The summed E-state index contributed by atoms with van der Waals surface area (Å²) >= 11 is 6.37. The van der Waals surface area contributed by atoms with E-state index in [9.17, 15) is 4.39 Å². The number of pyridine rings is 2. The molecule has 5 aromatic rings. The van der Waals surface area contributed by atoms with Crippen LogP contribution >= 0.6 is 11.6 Å². The van der Waals surface area contributed by atoms with Gasteiger partial charge >= 0.3 is 0 Å². The Balaban J connectivity index is 1.53. The molecule has 1 N–H and O–H groups in total. The Morgan fingerprint density at radius 1 is 0.929 bits per heavy atom. The molecule has 5 rings (SSSR count). The van der Waals surface area contributed by atoms with E-state index < -0.39 is 11.6 Å². The summed E-state index contributed by atoms with van der Waals surface area (Å²) in [5.74, 6) is -0.776. The number of aromatic nitrogens is 2. The maximum Gasteiger partial charge on any atom is 0.145 e. The van der Waals surface area contributed by atoms with Crippen LogP contribution in [0.15, 0.2) is 73.3 Å². The van der Waals surface area contributed by atoms with Gasteiger partial charge in [0.05, 0.1) is 29.2 Å². The Morgan fingerprint density at radius 3 is 2.38 bits per heavy atom. The highest BCUT2D eigenvalue weighted by molar-refractivity contribution is 6.31. The highest BCUT2D eigenvalue weighted by atomic mass is 35.5. The van der Waals surface area contributed by atoms with E-state index in [1.807, 2.05) is 75.4 Å². The molecule has 42 heavy (non-hydrogen) atoms. The lowest BCUT2D eigenvalue weighted by molar-refractivity contribution is 0.418. The van der Waals surface area contributed by atoms with Crippen LogP contribution < -0.4 is 10.1 Å². The number of ether oxygens (including phenoxy) is 1. The molecule has 2 aromatic heterocycles. The summed E-state index contributed by atoms with van der Waals surface area (Å²) in [4.78, 5) is 9.58. The van der Waals surface area contributed by atoms with E-state index in [0.29, 0.717) is 34.3 Å². The Kier molecular flexibility index (Phi) is 8.28. The fourth-order valence-corrected chi connectivity index (χ4v) is 5.26. The highest BCUT2D eigenvalue weighted by Crippen LogP contribution is 2.34. The standard InChI is InChI=1S/C35H32ClF2N3O/c1-19-13-32(41-34(21(19)3)27-12-20(2)30(37)17-31(27)38)28(24-10-8-7-9-11-24)18-39-22(4)25-14-26-15-29(36)23(5)40-35(26)33(16-25)42-6/h7-17,28,39H,4,18H2,1-3,5-6H3. The normalized spacial score (nSPS) is 11.9. The van der Waals surface area contributed by atoms with Crippen molar-refractivity contribution in [3.8, 4) is 17.0 Å². The molecule has 214 valence electrons. The van der Waals surface area contributed by atoms with Gasteiger partial charge in [-0.1, -0.05) is 48.5 Å². The first-order valence-corrected chi connectivity index (χ1v) is 14.0. The fraction of sp³-hybridized carbons (Fsp3) is 0.200. The predicted molar refractivity (Wildman–Crippen MR) is 167 cm³/mol. The summed E-state index contributed by atoms with van der Waals surface area (Å²) in [6.45, 7) is 12.1. The number of rotatable bonds is 8. The van der Waals surface area contributed by atoms with Gasteiger partial charge in [-0.15, -0.1) is 0 Å². The van der Waals surface area contributed by atoms with Crippen LogP contribution in [0.5, 0.6) is 5.75 Å². The van der Waals surface area contributed by atoms with Gasteiger partial charge in [0.2, 0.25) is 0 Å². The lowest BCUT2D eigenvalue weighted by atomic mass is 9.91. The van der Waals surface area contributed by atoms with Crippen molar-refractivity contribution in [2.75, 3.05) is 13.7 Å². The maximum absolute atomic E-state index is 15.0. The fourth-order valence-electron chi connectivity index (χ4n) is 5.10. The molecule has 1 atom stereocenters. The third-order valence-corrected chi connectivity index (χ3v) is 8.10. The molecule has 0 saturated heterocycles. The summed E-state index contributed by atoms with van der Waals surface area (Å²) < 4.78 is 34.7. The number of methoxy groups -OCH3 is 1. The van der Waals surface area contributed by atoms with E-state index in [1.54, 1.807) is 14.0 Å². The Morgan fingerprint density at radius 2 is 1.67 bits per heavy atom. The van der Waals surface area contributed by atoms with Gasteiger partial charge in [0.1, 0.15) is 22.9 Å². The zero-order valence-corrected chi connectivity index (χ0v) is 25.0. The van der Waals surface area contributed by atoms with Crippen molar-refractivity contribution in [1.82, 2.24) is 15.3 Å². The average molecular weight is 584 g/mol. The van der Waals surface area contributed by atoms with Crippen LogP contribution in [0.3, 0.4) is 0 Å². The van der Waals surface area contributed by atoms with Crippen molar-refractivity contribution in [1.29, 1.82) is 0 Å². The molecule has 0 saturated carbocycles. The van der Waals surface area contributed by atoms with Crippen LogP contribution in [0.25, 0.3) is 27.9 Å². The average Bonchev–Trinajstić information content (AvgIpc) is 2.97. The summed E-state index contributed by atoms with van der Waals surface area (Å²) in [6.07, 6.45) is 0. The smallest absolute Gasteiger partial charge is 0.145 e. The number of hydrogen-bond acceptors (Lipinski definition) is 4. The van der Waals surface area contributed by atoms with Crippen molar-refractivity contribution in [3.63, 3.8) is 0 Å². The largest absolute Gasteiger partial charge is 0.494 e. The third-order valence-electron chi connectivity index (χ3n) is 7.71. The quantitative estimate of drug-likeness (QED) is 0.198. The first kappa shape index (κ1) is 29.2. The molecular weight excluding hydrogens is 552 g/mol. The Hall–Kier alpha value is -4.29. The summed E-state index contributed by atoms with van der Waals surface area (Å²) in [6, 6.07) is 20.3. The lowest BCUT2D eigenvalue weighted by Gasteiger charge is -2.22. The molecule has 4 nitrogen and oxygen atoms in total. The van der Waals surface area contributed by atoms with Gasteiger partial charge in [-0.25, -0.2) is 13.8 Å². The van der Waals surface area contributed by atoms with Gasteiger partial charge < -0.3 is 10.1 Å². The second-order valence-electron chi connectivity index (χ2n) is 10.5. The third kappa shape index (κ3) is 5.72. The van der Waals surface area contributed by atoms with Crippen molar-refractivity contribution in [3.05, 3.63) is 129 Å². The molecule has 0 bridgehead atoms. The highest BCUT2D eigenvalue weighted by Gasteiger charge is 2.21. The number of hydrogen-bond donors (Lipinski definition) is 1. The molecular formula is C35H32ClF2N3O. The van der Waals surface area contributed by atoms with Crippen LogP contribution in [0, 0.1) is 39.3 Å². The minimum absolute atomic E-state index is 0.188. The molecule has 0 radical (unpaired) electrons. The number of nitrogens with one attached hydrogen (secondary N) is 1. The van der Waals surface area contributed by atoms with Crippen LogP contribution in [0.2, 0.25) is 5.02 Å². The van der Waals surface area contributed by atoms with E-state index in [-0.39, 0.29) is 11.5 Å². The second kappa shape index (κ2) is 11.9. The predicted octanol–water partition coefficient (Wildman–Crippen LogP) is 8.86. The van der Waals surface area contributed by atoms with Crippen molar-refractivity contribution < 1.29 is 13.5 Å². The van der Waals surface area contributed by atoms with E-state index in [1.165, 1.54) is 6.07 Å². The van der Waals surface area contributed by atoms with E-state index in [4.69, 9.17) is 21.3 Å². The number of aryl methyl sites for hydroxylation is 3. The molecule has 1 unspecified atom stereocenters. The monoisotopic (exact) mass is 583 g/mol. The minimum Gasteiger partial charge on any atom is -0.494 e. The molecule has 7 heteroatoms. The summed E-state index contributed by atoms with van der Waals surface area (Å²) in [5.41, 5.74) is 7.76. The van der Waals surface area contributed by atoms with Crippen molar-refractivity contribution >= 4 is 28.2 Å². The van der Waals surface area contributed by atoms with E-state index >= 15 is 4.39 Å². The maximum atomic E-state index is 15.0. The van der Waals surface area contributed by atoms with E-state index in [0.717, 1.165) is 50.6 Å². The molecule has 3 aromatic carbocycles. The number of fused-ring (bicyclic) bond motifs is 1. The van der Waals surface area contributed by atoms with Crippen molar-refractivity contribution in [2.24, 2.45) is 0 Å². The summed E-state index contributed by atoms with van der Waals surface area (Å²) in [7, 11) is 1.61. The first-order valence-electron chi connectivity index (χ1n) is 13.6. The van der Waals surface area contributed by atoms with Crippen LogP contribution in [-0.4, -0.2) is 23.6 Å².